The molecule has 0 N–H and O–H groups in total. The predicted molar refractivity (Wildman–Crippen MR) is 107 cm³/mol. The van der Waals surface area contributed by atoms with E-state index >= 15 is 0 Å². The van der Waals surface area contributed by atoms with E-state index < -0.39 is 0 Å². The average Bonchev–Trinajstić information content (AvgIpc) is 2.98. The van der Waals surface area contributed by atoms with Crippen molar-refractivity contribution in [2.75, 3.05) is 7.11 Å². The number of benzene rings is 3. The second-order valence-electron chi connectivity index (χ2n) is 6.45. The minimum atomic E-state index is -0.246. The first-order valence-electron chi connectivity index (χ1n) is 8.92. The summed E-state index contributed by atoms with van der Waals surface area (Å²) in [5, 5.41) is 0. The molecule has 0 saturated carbocycles. The van der Waals surface area contributed by atoms with Gasteiger partial charge in [-0.15, -0.1) is 0 Å². The number of carbonyl (C=O) groups is 2. The maximum Gasteiger partial charge on any atom is 0.197 e. The highest BCUT2D eigenvalue weighted by molar-refractivity contribution is 6.41. The highest BCUT2D eigenvalue weighted by Crippen LogP contribution is 2.32. The molecule has 0 aromatic heterocycles. The summed E-state index contributed by atoms with van der Waals surface area (Å²) in [5.74, 6) is 0.648. The van der Waals surface area contributed by atoms with Gasteiger partial charge < -0.3 is 9.47 Å². The van der Waals surface area contributed by atoms with Crippen molar-refractivity contribution in [1.29, 1.82) is 0 Å². The lowest BCUT2D eigenvalue weighted by molar-refractivity contribution is 0.0990. The van der Waals surface area contributed by atoms with Crippen LogP contribution in [-0.4, -0.2) is 18.7 Å². The Labute approximate surface area is 163 Å². The van der Waals surface area contributed by atoms with Crippen LogP contribution in [0.2, 0.25) is 0 Å². The van der Waals surface area contributed by atoms with Gasteiger partial charge in [0, 0.05) is 11.1 Å². The van der Waals surface area contributed by atoms with Crippen LogP contribution in [0.15, 0.2) is 78.4 Å². The van der Waals surface area contributed by atoms with Crippen LogP contribution in [0.3, 0.4) is 0 Å². The summed E-state index contributed by atoms with van der Waals surface area (Å²) in [6, 6.07) is 22.1. The molecule has 3 aromatic carbocycles. The van der Waals surface area contributed by atoms with Crippen molar-refractivity contribution >= 4 is 17.6 Å². The van der Waals surface area contributed by atoms with Crippen molar-refractivity contribution in [3.8, 4) is 11.5 Å². The maximum absolute atomic E-state index is 12.5. The number of ketones is 2. The van der Waals surface area contributed by atoms with Gasteiger partial charge in [-0.25, -0.2) is 0 Å². The Morgan fingerprint density at radius 1 is 0.786 bits per heavy atom. The fourth-order valence-electron chi connectivity index (χ4n) is 3.20. The molecule has 28 heavy (non-hydrogen) atoms. The van der Waals surface area contributed by atoms with Crippen molar-refractivity contribution in [3.05, 3.63) is 101 Å². The lowest BCUT2D eigenvalue weighted by Crippen LogP contribution is -2.01. The van der Waals surface area contributed by atoms with Gasteiger partial charge in [0.25, 0.3) is 0 Å². The molecule has 138 valence electrons. The molecule has 0 atom stereocenters. The van der Waals surface area contributed by atoms with E-state index in [1.165, 1.54) is 0 Å². The molecule has 0 saturated heterocycles. The molecular weight excluding hydrogens is 352 g/mol. The lowest BCUT2D eigenvalue weighted by atomic mass is 10.1. The fourth-order valence-corrected chi connectivity index (χ4v) is 3.20. The number of Topliss-reactive ketones (excluding diaryl/α,β-unsaturated/α-hetero) is 2. The number of methoxy groups -OCH3 is 1. The highest BCUT2D eigenvalue weighted by atomic mass is 16.5. The smallest absolute Gasteiger partial charge is 0.197 e. The topological polar surface area (TPSA) is 52.6 Å². The van der Waals surface area contributed by atoms with E-state index in [1.54, 1.807) is 55.7 Å². The molecule has 0 heterocycles. The van der Waals surface area contributed by atoms with Gasteiger partial charge in [0.1, 0.15) is 6.61 Å². The Morgan fingerprint density at radius 3 is 2.07 bits per heavy atom. The number of rotatable bonds is 5. The molecule has 0 spiro atoms. The number of hydrogen-bond acceptors (Lipinski definition) is 4. The minimum Gasteiger partial charge on any atom is -0.493 e. The van der Waals surface area contributed by atoms with Gasteiger partial charge in [0.2, 0.25) is 0 Å². The molecule has 4 heteroatoms. The summed E-state index contributed by atoms with van der Waals surface area (Å²) < 4.78 is 11.3. The van der Waals surface area contributed by atoms with E-state index in [1.807, 2.05) is 30.3 Å². The summed E-state index contributed by atoms with van der Waals surface area (Å²) in [4.78, 5) is 25.1. The molecule has 0 aliphatic heterocycles. The van der Waals surface area contributed by atoms with Crippen LogP contribution in [0.1, 0.15) is 31.8 Å². The number of fused-ring (bicyclic) bond motifs is 1. The molecule has 0 bridgehead atoms. The van der Waals surface area contributed by atoms with Crippen LogP contribution in [0.25, 0.3) is 6.08 Å². The Bertz CT molecular complexity index is 1040. The fraction of sp³-hybridized carbons (Fsp3) is 0.0833. The Morgan fingerprint density at radius 2 is 1.43 bits per heavy atom. The standard InChI is InChI=1S/C24H18O4/c1-27-22-14-17(11-12-21(22)28-15-16-7-3-2-4-8-16)13-20-23(25)18-9-5-6-10-19(18)24(20)26/h2-14H,15H2,1H3. The average molecular weight is 370 g/mol. The van der Waals surface area contributed by atoms with Gasteiger partial charge >= 0.3 is 0 Å². The third kappa shape index (κ3) is 3.32. The zero-order valence-electron chi connectivity index (χ0n) is 15.3. The van der Waals surface area contributed by atoms with Gasteiger partial charge in [-0.05, 0) is 29.3 Å². The van der Waals surface area contributed by atoms with Crippen LogP contribution >= 0.6 is 0 Å². The van der Waals surface area contributed by atoms with Gasteiger partial charge in [0.05, 0.1) is 12.7 Å². The monoisotopic (exact) mass is 370 g/mol. The van der Waals surface area contributed by atoms with Crippen molar-refractivity contribution in [3.63, 3.8) is 0 Å². The van der Waals surface area contributed by atoms with Crippen LogP contribution in [-0.2, 0) is 6.61 Å². The van der Waals surface area contributed by atoms with E-state index in [4.69, 9.17) is 9.47 Å². The Balaban J connectivity index is 1.59. The Kier molecular flexibility index (Phi) is 4.77. The number of hydrogen-bond donors (Lipinski definition) is 0. The number of carbonyl (C=O) groups excluding carboxylic acids is 2. The summed E-state index contributed by atoms with van der Waals surface area (Å²) in [6.45, 7) is 0.421. The van der Waals surface area contributed by atoms with E-state index in [-0.39, 0.29) is 17.1 Å². The first kappa shape index (κ1) is 17.7. The maximum atomic E-state index is 12.5. The molecular formula is C24H18O4. The van der Waals surface area contributed by atoms with Crippen LogP contribution in [0.5, 0.6) is 11.5 Å². The zero-order chi connectivity index (χ0) is 19.5. The zero-order valence-corrected chi connectivity index (χ0v) is 15.3. The number of ether oxygens (including phenoxy) is 2. The first-order chi connectivity index (χ1) is 13.7. The minimum absolute atomic E-state index is 0.168. The predicted octanol–water partition coefficient (Wildman–Crippen LogP) is 4.74. The van der Waals surface area contributed by atoms with E-state index in [0.717, 1.165) is 5.56 Å². The Hall–Kier alpha value is -3.66. The summed E-state index contributed by atoms with van der Waals surface area (Å²) in [7, 11) is 1.56. The molecule has 4 nitrogen and oxygen atoms in total. The second-order valence-corrected chi connectivity index (χ2v) is 6.45. The third-order valence-electron chi connectivity index (χ3n) is 4.64. The third-order valence-corrected chi connectivity index (χ3v) is 4.64. The van der Waals surface area contributed by atoms with Crippen molar-refractivity contribution < 1.29 is 19.1 Å². The normalized spacial score (nSPS) is 12.7. The molecule has 3 aromatic rings. The van der Waals surface area contributed by atoms with Gasteiger partial charge in [-0.2, -0.15) is 0 Å². The molecule has 1 aliphatic rings. The lowest BCUT2D eigenvalue weighted by Gasteiger charge is -2.11. The van der Waals surface area contributed by atoms with Crippen molar-refractivity contribution in [2.45, 2.75) is 6.61 Å². The van der Waals surface area contributed by atoms with Crippen molar-refractivity contribution in [2.24, 2.45) is 0 Å². The molecule has 0 fully saturated rings. The summed E-state index contributed by atoms with van der Waals surface area (Å²) in [5.41, 5.74) is 2.83. The van der Waals surface area contributed by atoms with E-state index in [0.29, 0.717) is 34.8 Å². The van der Waals surface area contributed by atoms with E-state index in [9.17, 15) is 9.59 Å². The first-order valence-corrected chi connectivity index (χ1v) is 8.92. The second kappa shape index (κ2) is 7.53. The number of allylic oxidation sites excluding steroid dienone is 1. The summed E-state index contributed by atoms with van der Waals surface area (Å²) in [6.07, 6.45) is 1.61. The van der Waals surface area contributed by atoms with E-state index in [2.05, 4.69) is 0 Å². The van der Waals surface area contributed by atoms with Gasteiger partial charge in [-0.1, -0.05) is 60.7 Å². The highest BCUT2D eigenvalue weighted by Gasteiger charge is 2.32. The molecule has 0 unspecified atom stereocenters. The molecule has 0 amide bonds. The summed E-state index contributed by atoms with van der Waals surface area (Å²) >= 11 is 0. The van der Waals surface area contributed by atoms with Crippen LogP contribution in [0, 0.1) is 0 Å². The molecule has 0 radical (unpaired) electrons. The largest absolute Gasteiger partial charge is 0.493 e. The quantitative estimate of drug-likeness (QED) is 0.481. The van der Waals surface area contributed by atoms with Crippen molar-refractivity contribution in [1.82, 2.24) is 0 Å². The SMILES string of the molecule is COc1cc(C=C2C(=O)c3ccccc3C2=O)ccc1OCc1ccccc1. The molecule has 1 aliphatic carbocycles. The van der Waals surface area contributed by atoms with Gasteiger partial charge in [-0.3, -0.25) is 9.59 Å². The molecule has 4 rings (SSSR count). The van der Waals surface area contributed by atoms with Gasteiger partial charge in [0.15, 0.2) is 23.1 Å². The van der Waals surface area contributed by atoms with Crippen LogP contribution < -0.4 is 9.47 Å². The van der Waals surface area contributed by atoms with Crippen LogP contribution in [0.4, 0.5) is 0 Å².